The molecule has 1 heterocycles. The average Bonchev–Trinajstić information content (AvgIpc) is 2.53. The summed E-state index contributed by atoms with van der Waals surface area (Å²) in [6, 6.07) is 8.00. The van der Waals surface area contributed by atoms with Crippen molar-refractivity contribution in [2.24, 2.45) is 0 Å². The van der Waals surface area contributed by atoms with Crippen LogP contribution in [-0.2, 0) is 16.0 Å². The Kier molecular flexibility index (Phi) is 5.81. The van der Waals surface area contributed by atoms with Gasteiger partial charge in [-0.25, -0.2) is 0 Å². The largest absolute Gasteiger partial charge is 0.496 e. The second kappa shape index (κ2) is 7.82. The molecule has 1 aliphatic heterocycles. The lowest BCUT2D eigenvalue weighted by Crippen LogP contribution is -2.46. The van der Waals surface area contributed by atoms with Crippen molar-refractivity contribution in [3.8, 4) is 5.75 Å². The standard InChI is InChI=1S/C17H24N2O3/c1-13(20)18-15-9-11-19(12-10-15)17(21)8-7-14-5-3-4-6-16(14)22-2/h3-6,15H,7-12H2,1-2H3,(H,18,20). The lowest BCUT2D eigenvalue weighted by molar-refractivity contribution is -0.132. The van der Waals surface area contributed by atoms with E-state index in [2.05, 4.69) is 5.32 Å². The highest BCUT2D eigenvalue weighted by Crippen LogP contribution is 2.20. The molecule has 0 bridgehead atoms. The molecule has 22 heavy (non-hydrogen) atoms. The fourth-order valence-corrected chi connectivity index (χ4v) is 2.87. The van der Waals surface area contributed by atoms with Gasteiger partial charge >= 0.3 is 0 Å². The molecule has 1 aromatic carbocycles. The van der Waals surface area contributed by atoms with Gasteiger partial charge in [0.15, 0.2) is 0 Å². The molecule has 1 N–H and O–H groups in total. The number of carbonyl (C=O) groups excluding carboxylic acids is 2. The molecule has 1 aromatic rings. The third-order valence-electron chi connectivity index (χ3n) is 4.06. The third-order valence-corrected chi connectivity index (χ3v) is 4.06. The molecule has 0 saturated carbocycles. The van der Waals surface area contributed by atoms with E-state index in [1.807, 2.05) is 29.2 Å². The van der Waals surface area contributed by atoms with Gasteiger partial charge in [-0.15, -0.1) is 0 Å². The zero-order chi connectivity index (χ0) is 15.9. The lowest BCUT2D eigenvalue weighted by Gasteiger charge is -2.32. The maximum atomic E-state index is 12.3. The van der Waals surface area contributed by atoms with Gasteiger partial charge in [0.2, 0.25) is 11.8 Å². The quantitative estimate of drug-likeness (QED) is 0.901. The number of amides is 2. The number of likely N-dealkylation sites (tertiary alicyclic amines) is 1. The van der Waals surface area contributed by atoms with Crippen LogP contribution in [-0.4, -0.2) is 43.0 Å². The number of nitrogens with zero attached hydrogens (tertiary/aromatic N) is 1. The predicted octanol–water partition coefficient (Wildman–Crippen LogP) is 1.75. The highest BCUT2D eigenvalue weighted by atomic mass is 16.5. The van der Waals surface area contributed by atoms with E-state index >= 15 is 0 Å². The third kappa shape index (κ3) is 4.48. The SMILES string of the molecule is COc1ccccc1CCC(=O)N1CCC(NC(C)=O)CC1. The van der Waals surface area contributed by atoms with Gasteiger partial charge in [0.05, 0.1) is 7.11 Å². The number of benzene rings is 1. The molecule has 0 spiro atoms. The van der Waals surface area contributed by atoms with Crippen LogP contribution in [0.25, 0.3) is 0 Å². The Labute approximate surface area is 131 Å². The van der Waals surface area contributed by atoms with E-state index in [4.69, 9.17) is 4.74 Å². The smallest absolute Gasteiger partial charge is 0.222 e. The highest BCUT2D eigenvalue weighted by molar-refractivity contribution is 5.77. The number of piperidine rings is 1. The molecule has 0 aromatic heterocycles. The molecule has 1 saturated heterocycles. The zero-order valence-electron chi connectivity index (χ0n) is 13.3. The van der Waals surface area contributed by atoms with Gasteiger partial charge in [-0.05, 0) is 30.9 Å². The summed E-state index contributed by atoms with van der Waals surface area (Å²) < 4.78 is 5.31. The first-order chi connectivity index (χ1) is 10.6. The number of aryl methyl sites for hydroxylation is 1. The zero-order valence-corrected chi connectivity index (χ0v) is 13.3. The Hall–Kier alpha value is -2.04. The number of ether oxygens (including phenoxy) is 1. The summed E-state index contributed by atoms with van der Waals surface area (Å²) >= 11 is 0. The number of hydrogen-bond donors (Lipinski definition) is 1. The minimum atomic E-state index is 0.000879. The second-order valence-corrected chi connectivity index (χ2v) is 5.67. The Morgan fingerprint density at radius 1 is 1.27 bits per heavy atom. The van der Waals surface area contributed by atoms with E-state index in [1.165, 1.54) is 6.92 Å². The summed E-state index contributed by atoms with van der Waals surface area (Å²) in [4.78, 5) is 25.2. The minimum Gasteiger partial charge on any atom is -0.496 e. The van der Waals surface area contributed by atoms with Gasteiger partial charge in [0, 0.05) is 32.5 Å². The first kappa shape index (κ1) is 16.3. The van der Waals surface area contributed by atoms with Crippen molar-refractivity contribution in [3.05, 3.63) is 29.8 Å². The van der Waals surface area contributed by atoms with E-state index in [1.54, 1.807) is 7.11 Å². The van der Waals surface area contributed by atoms with E-state index in [9.17, 15) is 9.59 Å². The normalized spacial score (nSPS) is 15.5. The van der Waals surface area contributed by atoms with E-state index in [-0.39, 0.29) is 17.9 Å². The molecule has 0 radical (unpaired) electrons. The molecule has 0 unspecified atom stereocenters. The molecule has 2 amide bonds. The van der Waals surface area contributed by atoms with Gasteiger partial charge < -0.3 is 15.0 Å². The number of methoxy groups -OCH3 is 1. The Bertz CT molecular complexity index is 522. The van der Waals surface area contributed by atoms with Crippen molar-refractivity contribution >= 4 is 11.8 Å². The summed E-state index contributed by atoms with van der Waals surface area (Å²) in [5, 5.41) is 2.92. The van der Waals surface area contributed by atoms with Gasteiger partial charge in [-0.1, -0.05) is 18.2 Å². The molecular weight excluding hydrogens is 280 g/mol. The fraction of sp³-hybridized carbons (Fsp3) is 0.529. The summed E-state index contributed by atoms with van der Waals surface area (Å²) in [7, 11) is 1.65. The molecule has 1 aliphatic rings. The topological polar surface area (TPSA) is 58.6 Å². The van der Waals surface area contributed by atoms with Gasteiger partial charge in [-0.3, -0.25) is 9.59 Å². The minimum absolute atomic E-state index is 0.000879. The van der Waals surface area contributed by atoms with Crippen molar-refractivity contribution in [2.45, 2.75) is 38.6 Å². The fourth-order valence-electron chi connectivity index (χ4n) is 2.87. The molecule has 5 heteroatoms. The number of hydrogen-bond acceptors (Lipinski definition) is 3. The van der Waals surface area contributed by atoms with Gasteiger partial charge in [-0.2, -0.15) is 0 Å². The van der Waals surface area contributed by atoms with Crippen LogP contribution < -0.4 is 10.1 Å². The van der Waals surface area contributed by atoms with Crippen LogP contribution in [0.5, 0.6) is 5.75 Å². The Morgan fingerprint density at radius 2 is 1.95 bits per heavy atom. The van der Waals surface area contributed by atoms with Crippen LogP contribution in [0.2, 0.25) is 0 Å². The number of nitrogens with one attached hydrogen (secondary N) is 1. The number of rotatable bonds is 5. The van der Waals surface area contributed by atoms with E-state index < -0.39 is 0 Å². The highest BCUT2D eigenvalue weighted by Gasteiger charge is 2.23. The monoisotopic (exact) mass is 304 g/mol. The van der Waals surface area contributed by atoms with E-state index in [0.717, 1.165) is 37.2 Å². The molecule has 0 aliphatic carbocycles. The van der Waals surface area contributed by atoms with Crippen molar-refractivity contribution in [1.29, 1.82) is 0 Å². The lowest BCUT2D eigenvalue weighted by atomic mass is 10.0. The van der Waals surface area contributed by atoms with Crippen LogP contribution in [0, 0.1) is 0 Å². The first-order valence-electron chi connectivity index (χ1n) is 7.77. The molecular formula is C17H24N2O3. The van der Waals surface area contributed by atoms with Crippen LogP contribution >= 0.6 is 0 Å². The van der Waals surface area contributed by atoms with Crippen LogP contribution in [0.1, 0.15) is 31.7 Å². The summed E-state index contributed by atoms with van der Waals surface area (Å²) in [6.07, 6.45) is 2.85. The number of carbonyl (C=O) groups is 2. The van der Waals surface area contributed by atoms with E-state index in [0.29, 0.717) is 12.8 Å². The molecule has 0 atom stereocenters. The van der Waals surface area contributed by atoms with Crippen molar-refractivity contribution in [3.63, 3.8) is 0 Å². The first-order valence-corrected chi connectivity index (χ1v) is 7.77. The second-order valence-electron chi connectivity index (χ2n) is 5.67. The van der Waals surface area contributed by atoms with Crippen LogP contribution in [0.15, 0.2) is 24.3 Å². The summed E-state index contributed by atoms with van der Waals surface area (Å²) in [5.74, 6) is 1.01. The number of para-hydroxylation sites is 1. The summed E-state index contributed by atoms with van der Waals surface area (Å²) in [6.45, 7) is 2.97. The predicted molar refractivity (Wildman–Crippen MR) is 84.7 cm³/mol. The van der Waals surface area contributed by atoms with Gasteiger partial charge in [0.1, 0.15) is 5.75 Å². The Balaban J connectivity index is 1.80. The van der Waals surface area contributed by atoms with Gasteiger partial charge in [0.25, 0.3) is 0 Å². The van der Waals surface area contributed by atoms with Crippen LogP contribution in [0.3, 0.4) is 0 Å². The summed E-state index contributed by atoms with van der Waals surface area (Å²) in [5.41, 5.74) is 1.06. The maximum Gasteiger partial charge on any atom is 0.222 e. The molecule has 5 nitrogen and oxygen atoms in total. The molecule has 2 rings (SSSR count). The maximum absolute atomic E-state index is 12.3. The Morgan fingerprint density at radius 3 is 2.59 bits per heavy atom. The van der Waals surface area contributed by atoms with Crippen molar-refractivity contribution in [2.75, 3.05) is 20.2 Å². The average molecular weight is 304 g/mol. The van der Waals surface area contributed by atoms with Crippen LogP contribution in [0.4, 0.5) is 0 Å². The van der Waals surface area contributed by atoms with Crippen molar-refractivity contribution < 1.29 is 14.3 Å². The van der Waals surface area contributed by atoms with Crippen molar-refractivity contribution in [1.82, 2.24) is 10.2 Å². The molecule has 1 fully saturated rings. The molecule has 120 valence electrons.